The van der Waals surface area contributed by atoms with Gasteiger partial charge < -0.3 is 19.2 Å². The molecule has 0 aliphatic carbocycles. The SMILES string of the molecule is Cc1cccc(OCCNC(=O)COc2ccc3c(C(C)C)cc(=O)oc3c2)c1. The molecular formula is C23H25NO5. The number of hydrogen-bond donors (Lipinski definition) is 1. The van der Waals surface area contributed by atoms with Crippen LogP contribution in [-0.4, -0.2) is 25.7 Å². The fraction of sp³-hybridized carbons (Fsp3) is 0.304. The molecule has 3 rings (SSSR count). The first-order valence-corrected chi connectivity index (χ1v) is 9.59. The summed E-state index contributed by atoms with van der Waals surface area (Å²) >= 11 is 0. The molecule has 152 valence electrons. The van der Waals surface area contributed by atoms with Gasteiger partial charge >= 0.3 is 5.63 Å². The Kier molecular flexibility index (Phi) is 6.54. The molecule has 0 atom stereocenters. The molecule has 0 aliphatic heterocycles. The van der Waals surface area contributed by atoms with E-state index in [1.165, 1.54) is 6.07 Å². The first-order chi connectivity index (χ1) is 13.9. The third-order valence-electron chi connectivity index (χ3n) is 4.42. The zero-order valence-electron chi connectivity index (χ0n) is 16.9. The van der Waals surface area contributed by atoms with Crippen LogP contribution in [0.2, 0.25) is 0 Å². The predicted octanol–water partition coefficient (Wildman–Crippen LogP) is 3.80. The van der Waals surface area contributed by atoms with Crippen LogP contribution in [0.5, 0.6) is 11.5 Å². The van der Waals surface area contributed by atoms with E-state index < -0.39 is 5.63 Å². The lowest BCUT2D eigenvalue weighted by Gasteiger charge is -2.11. The highest BCUT2D eigenvalue weighted by Gasteiger charge is 2.10. The van der Waals surface area contributed by atoms with Crippen LogP contribution in [-0.2, 0) is 4.79 Å². The van der Waals surface area contributed by atoms with Crippen LogP contribution in [0.1, 0.15) is 30.9 Å². The number of rotatable bonds is 8. The molecule has 6 nitrogen and oxygen atoms in total. The minimum absolute atomic E-state index is 0.135. The molecule has 0 saturated carbocycles. The Hall–Kier alpha value is -3.28. The first-order valence-electron chi connectivity index (χ1n) is 9.59. The summed E-state index contributed by atoms with van der Waals surface area (Å²) < 4.78 is 16.4. The maximum Gasteiger partial charge on any atom is 0.336 e. The van der Waals surface area contributed by atoms with Gasteiger partial charge in [-0.25, -0.2) is 4.79 Å². The standard InChI is InChI=1S/C23H25NO5/c1-15(2)20-13-23(26)29-21-12-18(7-8-19(20)21)28-14-22(25)24-9-10-27-17-6-4-5-16(3)11-17/h4-8,11-13,15H,9-10,14H2,1-3H3,(H,24,25). The van der Waals surface area contributed by atoms with E-state index in [0.717, 1.165) is 22.3 Å². The Morgan fingerprint density at radius 1 is 1.07 bits per heavy atom. The van der Waals surface area contributed by atoms with E-state index in [2.05, 4.69) is 5.32 Å². The molecule has 0 radical (unpaired) electrons. The van der Waals surface area contributed by atoms with Crippen molar-refractivity contribution < 1.29 is 18.7 Å². The van der Waals surface area contributed by atoms with E-state index in [0.29, 0.717) is 24.5 Å². The van der Waals surface area contributed by atoms with Crippen molar-refractivity contribution in [2.45, 2.75) is 26.7 Å². The van der Waals surface area contributed by atoms with Crippen molar-refractivity contribution in [1.29, 1.82) is 0 Å². The van der Waals surface area contributed by atoms with Crippen molar-refractivity contribution in [3.05, 3.63) is 70.1 Å². The molecule has 2 aromatic carbocycles. The van der Waals surface area contributed by atoms with Crippen LogP contribution in [0, 0.1) is 6.92 Å². The van der Waals surface area contributed by atoms with Crippen molar-refractivity contribution in [2.75, 3.05) is 19.8 Å². The second-order valence-electron chi connectivity index (χ2n) is 7.14. The Morgan fingerprint density at radius 3 is 2.62 bits per heavy atom. The number of fused-ring (bicyclic) bond motifs is 1. The second kappa shape index (κ2) is 9.28. The first kappa shape index (κ1) is 20.5. The summed E-state index contributed by atoms with van der Waals surface area (Å²) in [7, 11) is 0. The van der Waals surface area contributed by atoms with Gasteiger partial charge in [-0.15, -0.1) is 0 Å². The van der Waals surface area contributed by atoms with Gasteiger partial charge in [-0.1, -0.05) is 26.0 Å². The molecule has 1 N–H and O–H groups in total. The van der Waals surface area contributed by atoms with Crippen LogP contribution in [0.25, 0.3) is 11.0 Å². The maximum atomic E-state index is 12.0. The molecule has 0 fully saturated rings. The second-order valence-corrected chi connectivity index (χ2v) is 7.14. The van der Waals surface area contributed by atoms with Crippen molar-refractivity contribution in [3.8, 4) is 11.5 Å². The topological polar surface area (TPSA) is 77.8 Å². The van der Waals surface area contributed by atoms with Gasteiger partial charge in [0.05, 0.1) is 6.54 Å². The number of hydrogen-bond acceptors (Lipinski definition) is 5. The molecule has 0 unspecified atom stereocenters. The zero-order chi connectivity index (χ0) is 20.8. The number of carbonyl (C=O) groups excluding carboxylic acids is 1. The number of aryl methyl sites for hydroxylation is 1. The minimum Gasteiger partial charge on any atom is -0.492 e. The molecule has 1 aromatic heterocycles. The van der Waals surface area contributed by atoms with Gasteiger partial charge in [0.2, 0.25) is 0 Å². The normalized spacial score (nSPS) is 10.9. The Morgan fingerprint density at radius 2 is 1.86 bits per heavy atom. The molecule has 1 heterocycles. The highest BCUT2D eigenvalue weighted by Crippen LogP contribution is 2.26. The van der Waals surface area contributed by atoms with E-state index in [-0.39, 0.29) is 18.4 Å². The smallest absolute Gasteiger partial charge is 0.336 e. The van der Waals surface area contributed by atoms with Crippen LogP contribution in [0.15, 0.2) is 57.7 Å². The maximum absolute atomic E-state index is 12.0. The summed E-state index contributed by atoms with van der Waals surface area (Å²) in [6.07, 6.45) is 0. The molecule has 1 amide bonds. The van der Waals surface area contributed by atoms with Gasteiger partial charge in [0, 0.05) is 17.5 Å². The Balaban J connectivity index is 1.51. The number of carbonyl (C=O) groups is 1. The van der Waals surface area contributed by atoms with Crippen molar-refractivity contribution in [1.82, 2.24) is 5.32 Å². The lowest BCUT2D eigenvalue weighted by Crippen LogP contribution is -2.32. The Bertz CT molecular complexity index is 1050. The predicted molar refractivity (Wildman–Crippen MR) is 112 cm³/mol. The highest BCUT2D eigenvalue weighted by atomic mass is 16.5. The third kappa shape index (κ3) is 5.60. The number of benzene rings is 2. The fourth-order valence-corrected chi connectivity index (χ4v) is 3.00. The lowest BCUT2D eigenvalue weighted by molar-refractivity contribution is -0.123. The van der Waals surface area contributed by atoms with Crippen molar-refractivity contribution in [2.24, 2.45) is 0 Å². The number of ether oxygens (including phenoxy) is 2. The van der Waals surface area contributed by atoms with Crippen molar-refractivity contribution in [3.63, 3.8) is 0 Å². The van der Waals surface area contributed by atoms with Gasteiger partial charge in [-0.2, -0.15) is 0 Å². The molecule has 0 saturated heterocycles. The molecule has 0 spiro atoms. The van der Waals surface area contributed by atoms with Crippen LogP contribution in [0.3, 0.4) is 0 Å². The van der Waals surface area contributed by atoms with Crippen LogP contribution in [0.4, 0.5) is 0 Å². The highest BCUT2D eigenvalue weighted by molar-refractivity contribution is 5.82. The van der Waals surface area contributed by atoms with E-state index >= 15 is 0 Å². The summed E-state index contributed by atoms with van der Waals surface area (Å²) in [6, 6.07) is 14.5. The van der Waals surface area contributed by atoms with E-state index in [9.17, 15) is 9.59 Å². The van der Waals surface area contributed by atoms with Crippen molar-refractivity contribution >= 4 is 16.9 Å². The largest absolute Gasteiger partial charge is 0.492 e. The molecular weight excluding hydrogens is 370 g/mol. The van der Waals surface area contributed by atoms with Gasteiger partial charge in [0.15, 0.2) is 6.61 Å². The molecule has 6 heteroatoms. The van der Waals surface area contributed by atoms with E-state index in [1.54, 1.807) is 12.1 Å². The van der Waals surface area contributed by atoms with Gasteiger partial charge in [-0.3, -0.25) is 4.79 Å². The van der Waals surface area contributed by atoms with E-state index in [4.69, 9.17) is 13.9 Å². The van der Waals surface area contributed by atoms with E-state index in [1.807, 2.05) is 51.1 Å². The fourth-order valence-electron chi connectivity index (χ4n) is 3.00. The summed E-state index contributed by atoms with van der Waals surface area (Å²) in [6.45, 7) is 6.64. The average molecular weight is 395 g/mol. The van der Waals surface area contributed by atoms with Gasteiger partial charge in [0.25, 0.3) is 5.91 Å². The monoisotopic (exact) mass is 395 g/mol. The van der Waals surface area contributed by atoms with Crippen LogP contribution >= 0.6 is 0 Å². The summed E-state index contributed by atoms with van der Waals surface area (Å²) in [5, 5.41) is 3.61. The summed E-state index contributed by atoms with van der Waals surface area (Å²) in [5.74, 6) is 1.18. The lowest BCUT2D eigenvalue weighted by atomic mass is 10.00. The Labute approximate surface area is 169 Å². The summed E-state index contributed by atoms with van der Waals surface area (Å²) in [5.41, 5.74) is 2.09. The average Bonchev–Trinajstić information content (AvgIpc) is 2.68. The van der Waals surface area contributed by atoms with Gasteiger partial charge in [-0.05, 0) is 48.2 Å². The minimum atomic E-state index is -0.398. The van der Waals surface area contributed by atoms with Crippen LogP contribution < -0.4 is 20.4 Å². The van der Waals surface area contributed by atoms with Gasteiger partial charge in [0.1, 0.15) is 23.7 Å². The summed E-state index contributed by atoms with van der Waals surface area (Å²) in [4.78, 5) is 23.7. The third-order valence-corrected chi connectivity index (χ3v) is 4.42. The molecule has 29 heavy (non-hydrogen) atoms. The molecule has 0 aliphatic rings. The quantitative estimate of drug-likeness (QED) is 0.464. The zero-order valence-corrected chi connectivity index (χ0v) is 16.9. The number of amides is 1. The molecule has 0 bridgehead atoms. The molecule has 3 aromatic rings. The number of nitrogens with one attached hydrogen (secondary N) is 1.